The molecule has 0 spiro atoms. The fourth-order valence-corrected chi connectivity index (χ4v) is 4.96. The molecule has 2 aromatic heterocycles. The van der Waals surface area contributed by atoms with Crippen molar-refractivity contribution in [1.82, 2.24) is 35.1 Å². The number of imidazole rings is 1. The minimum Gasteiger partial charge on any atom is -0.382 e. The first-order valence-electron chi connectivity index (χ1n) is 12.1. The number of nitrogen functional groups attached to an aromatic ring is 1. The van der Waals surface area contributed by atoms with Crippen LogP contribution in [0.1, 0.15) is 19.4 Å². The van der Waals surface area contributed by atoms with Gasteiger partial charge in [-0.1, -0.05) is 23.7 Å². The Bertz CT molecular complexity index is 1270. The number of amides is 2. The van der Waals surface area contributed by atoms with Gasteiger partial charge in [0.2, 0.25) is 5.72 Å². The summed E-state index contributed by atoms with van der Waals surface area (Å²) in [4.78, 5) is 27.1. The Labute approximate surface area is 219 Å². The van der Waals surface area contributed by atoms with Gasteiger partial charge >= 0.3 is 6.03 Å². The summed E-state index contributed by atoms with van der Waals surface area (Å²) in [6.07, 6.45) is 2.37. The number of nitrogens with one attached hydrogen (secondary N) is 2. The number of carbonyl (C=O) groups is 1. The quantitative estimate of drug-likeness (QED) is 0.396. The molecular formula is C24H31ClN8O4. The number of fused-ring (bicyclic) bond motifs is 2. The van der Waals surface area contributed by atoms with E-state index in [1.54, 1.807) is 18.5 Å². The van der Waals surface area contributed by atoms with Crippen LogP contribution in [0.2, 0.25) is 5.02 Å². The summed E-state index contributed by atoms with van der Waals surface area (Å²) in [6, 6.07) is 7.11. The van der Waals surface area contributed by atoms with E-state index in [-0.39, 0.29) is 18.7 Å². The highest BCUT2D eigenvalue weighted by atomic mass is 35.5. The van der Waals surface area contributed by atoms with Gasteiger partial charge in [0.25, 0.3) is 0 Å². The summed E-state index contributed by atoms with van der Waals surface area (Å²) < 4.78 is 20.8. The van der Waals surface area contributed by atoms with Gasteiger partial charge in [-0.3, -0.25) is 4.57 Å². The van der Waals surface area contributed by atoms with Crippen LogP contribution in [-0.4, -0.2) is 81.7 Å². The van der Waals surface area contributed by atoms with Crippen molar-refractivity contribution in [1.29, 1.82) is 0 Å². The number of anilines is 1. The molecular weight excluding hydrogens is 500 g/mol. The van der Waals surface area contributed by atoms with Gasteiger partial charge in [-0.15, -0.1) is 0 Å². The molecule has 12 nitrogen and oxygen atoms in total. The molecule has 4 heterocycles. The molecule has 3 atom stereocenters. The van der Waals surface area contributed by atoms with Crippen LogP contribution in [0.5, 0.6) is 0 Å². The van der Waals surface area contributed by atoms with Crippen molar-refractivity contribution in [2.45, 2.75) is 44.1 Å². The summed E-state index contributed by atoms with van der Waals surface area (Å²) in [5.41, 5.74) is 7.09. The van der Waals surface area contributed by atoms with Gasteiger partial charge in [0.15, 0.2) is 17.3 Å². The number of halogens is 1. The van der Waals surface area contributed by atoms with Crippen LogP contribution in [0.25, 0.3) is 11.2 Å². The second-order valence-corrected chi connectivity index (χ2v) is 10.2. The fourth-order valence-electron chi connectivity index (χ4n) is 4.84. The van der Waals surface area contributed by atoms with E-state index < -0.39 is 17.6 Å². The highest BCUT2D eigenvalue weighted by Crippen LogP contribution is 2.47. The summed E-state index contributed by atoms with van der Waals surface area (Å²) in [5.74, 6) is -0.528. The van der Waals surface area contributed by atoms with E-state index in [4.69, 9.17) is 31.5 Å². The molecule has 2 amide bonds. The van der Waals surface area contributed by atoms with E-state index in [9.17, 15) is 4.79 Å². The largest absolute Gasteiger partial charge is 0.382 e. The van der Waals surface area contributed by atoms with Crippen LogP contribution >= 0.6 is 11.6 Å². The number of rotatable bonds is 8. The van der Waals surface area contributed by atoms with E-state index in [1.165, 1.54) is 6.33 Å². The average Bonchev–Trinajstić information content (AvgIpc) is 3.50. The Hall–Kier alpha value is -3.03. The molecule has 2 aliphatic heterocycles. The maximum Gasteiger partial charge on any atom is 0.315 e. The van der Waals surface area contributed by atoms with Gasteiger partial charge in [0, 0.05) is 31.2 Å². The standard InChI is InChI=1S/C24H31ClN8O4/c1-23(2)36-19-17(11-32(3)9-8-27-22(34)28-10-15-4-6-16(25)7-5-15)35-12-24(19,37-23)33-14-31-18-20(26)29-13-30-21(18)33/h4-7,13-14,17,19H,8-12H2,1-3H3,(H2,26,29,30)(H2,27,28,34). The second kappa shape index (κ2) is 10.0. The summed E-state index contributed by atoms with van der Waals surface area (Å²) in [7, 11) is 1.97. The lowest BCUT2D eigenvalue weighted by atomic mass is 10.0. The Morgan fingerprint density at radius 2 is 2.03 bits per heavy atom. The number of ether oxygens (including phenoxy) is 3. The van der Waals surface area contributed by atoms with E-state index in [1.807, 2.05) is 37.6 Å². The van der Waals surface area contributed by atoms with Gasteiger partial charge in [-0.05, 0) is 38.6 Å². The van der Waals surface area contributed by atoms with Gasteiger partial charge < -0.3 is 35.5 Å². The SMILES string of the molecule is CN(CCNC(=O)NCc1ccc(Cl)cc1)CC1OCC2(n3cnc4c(N)ncnc43)OC(C)(C)OC12. The first kappa shape index (κ1) is 25.6. The monoisotopic (exact) mass is 530 g/mol. The van der Waals surface area contributed by atoms with Crippen LogP contribution in [-0.2, 0) is 26.5 Å². The summed E-state index contributed by atoms with van der Waals surface area (Å²) in [6.45, 7) is 6.10. The van der Waals surface area contributed by atoms with Gasteiger partial charge in [0.05, 0.1) is 12.9 Å². The number of benzene rings is 1. The second-order valence-electron chi connectivity index (χ2n) is 9.78. The molecule has 0 aliphatic carbocycles. The minimum absolute atomic E-state index is 0.234. The first-order valence-corrected chi connectivity index (χ1v) is 12.4. The highest BCUT2D eigenvalue weighted by molar-refractivity contribution is 6.30. The van der Waals surface area contributed by atoms with Crippen molar-refractivity contribution in [3.8, 4) is 0 Å². The molecule has 2 fully saturated rings. The zero-order chi connectivity index (χ0) is 26.2. The van der Waals surface area contributed by atoms with Crippen LogP contribution in [0.15, 0.2) is 36.9 Å². The number of likely N-dealkylation sites (N-methyl/N-ethyl adjacent to an activating group) is 1. The minimum atomic E-state index is -0.940. The Balaban J connectivity index is 1.18. The summed E-state index contributed by atoms with van der Waals surface area (Å²) >= 11 is 5.90. The maximum absolute atomic E-state index is 12.2. The Morgan fingerprint density at radius 3 is 2.81 bits per heavy atom. The molecule has 0 radical (unpaired) electrons. The number of hydrogen-bond donors (Lipinski definition) is 3. The zero-order valence-corrected chi connectivity index (χ0v) is 21.7. The molecule has 3 unspecified atom stereocenters. The molecule has 5 rings (SSSR count). The normalized spacial score (nSPS) is 24.5. The molecule has 2 saturated heterocycles. The zero-order valence-electron chi connectivity index (χ0n) is 21.0. The molecule has 2 aliphatic rings. The number of carbonyl (C=O) groups excluding carboxylic acids is 1. The maximum atomic E-state index is 12.2. The van der Waals surface area contributed by atoms with Gasteiger partial charge in [-0.25, -0.2) is 19.7 Å². The molecule has 13 heteroatoms. The molecule has 198 valence electrons. The number of urea groups is 1. The van der Waals surface area contributed by atoms with E-state index in [0.29, 0.717) is 48.2 Å². The summed E-state index contributed by atoms with van der Waals surface area (Å²) in [5, 5.41) is 6.39. The molecule has 0 saturated carbocycles. The molecule has 37 heavy (non-hydrogen) atoms. The van der Waals surface area contributed by atoms with Crippen LogP contribution in [0.4, 0.5) is 10.6 Å². The van der Waals surface area contributed by atoms with Crippen molar-refractivity contribution >= 4 is 34.6 Å². The van der Waals surface area contributed by atoms with Crippen molar-refractivity contribution in [2.75, 3.05) is 39.0 Å². The Kier molecular flexibility index (Phi) is 6.94. The third kappa shape index (κ3) is 5.20. The molecule has 1 aromatic carbocycles. The first-order chi connectivity index (χ1) is 17.7. The lowest BCUT2D eigenvalue weighted by molar-refractivity contribution is -0.205. The molecule has 0 bridgehead atoms. The van der Waals surface area contributed by atoms with Crippen molar-refractivity contribution in [2.24, 2.45) is 0 Å². The number of aromatic nitrogens is 4. The molecule has 4 N–H and O–H groups in total. The number of nitrogens with zero attached hydrogens (tertiary/aromatic N) is 5. The van der Waals surface area contributed by atoms with Crippen LogP contribution in [0.3, 0.4) is 0 Å². The van der Waals surface area contributed by atoms with Crippen molar-refractivity contribution in [3.05, 3.63) is 47.5 Å². The van der Waals surface area contributed by atoms with E-state index in [0.717, 1.165) is 5.56 Å². The predicted molar refractivity (Wildman–Crippen MR) is 137 cm³/mol. The number of hydrogen-bond acceptors (Lipinski definition) is 9. The lowest BCUT2D eigenvalue weighted by Gasteiger charge is -2.29. The highest BCUT2D eigenvalue weighted by Gasteiger charge is 2.63. The fraction of sp³-hybridized carbons (Fsp3) is 0.500. The smallest absolute Gasteiger partial charge is 0.315 e. The van der Waals surface area contributed by atoms with Crippen molar-refractivity contribution in [3.63, 3.8) is 0 Å². The average molecular weight is 531 g/mol. The van der Waals surface area contributed by atoms with E-state index >= 15 is 0 Å². The lowest BCUT2D eigenvalue weighted by Crippen LogP contribution is -2.47. The topological polar surface area (TPSA) is 142 Å². The Morgan fingerprint density at radius 1 is 1.24 bits per heavy atom. The van der Waals surface area contributed by atoms with Crippen LogP contribution < -0.4 is 16.4 Å². The van der Waals surface area contributed by atoms with Gasteiger partial charge in [-0.2, -0.15) is 0 Å². The van der Waals surface area contributed by atoms with E-state index in [2.05, 4.69) is 30.5 Å². The predicted octanol–water partition coefficient (Wildman–Crippen LogP) is 1.70. The van der Waals surface area contributed by atoms with Crippen molar-refractivity contribution < 1.29 is 19.0 Å². The third-order valence-corrected chi connectivity index (χ3v) is 6.78. The number of nitrogens with two attached hydrogens (primary N) is 1. The van der Waals surface area contributed by atoms with Crippen LogP contribution in [0, 0.1) is 0 Å². The van der Waals surface area contributed by atoms with Gasteiger partial charge in [0.1, 0.15) is 24.1 Å². The molecule has 3 aromatic rings. The third-order valence-electron chi connectivity index (χ3n) is 6.53.